The van der Waals surface area contributed by atoms with Gasteiger partial charge in [-0.1, -0.05) is 12.1 Å². The number of fused-ring (bicyclic) bond motifs is 1. The number of nitrogens with one attached hydrogen (secondary N) is 1. The fraction of sp³-hybridized carbons (Fsp3) is 0.143. The van der Waals surface area contributed by atoms with Crippen LogP contribution >= 0.6 is 0 Å². The van der Waals surface area contributed by atoms with Crippen LogP contribution in [0.5, 0.6) is 5.75 Å². The van der Waals surface area contributed by atoms with Gasteiger partial charge in [0, 0.05) is 11.9 Å². The van der Waals surface area contributed by atoms with Gasteiger partial charge in [0.05, 0.1) is 12.8 Å². The lowest BCUT2D eigenvalue weighted by molar-refractivity contribution is 0.101. The van der Waals surface area contributed by atoms with Crippen molar-refractivity contribution >= 4 is 17.4 Å². The predicted molar refractivity (Wildman–Crippen MR) is 76.5 cm³/mol. The van der Waals surface area contributed by atoms with Crippen molar-refractivity contribution in [2.75, 3.05) is 12.4 Å². The highest BCUT2D eigenvalue weighted by Crippen LogP contribution is 2.23. The monoisotopic (exact) mass is 283 g/mol. The lowest BCUT2D eigenvalue weighted by Gasteiger charge is -2.07. The minimum Gasteiger partial charge on any atom is -0.495 e. The first-order valence-electron chi connectivity index (χ1n) is 6.32. The van der Waals surface area contributed by atoms with Gasteiger partial charge in [-0.25, -0.2) is 9.50 Å². The normalized spacial score (nSPS) is 10.6. The van der Waals surface area contributed by atoms with E-state index in [1.165, 1.54) is 4.52 Å². The molecule has 2 aromatic heterocycles. The third-order valence-electron chi connectivity index (χ3n) is 2.99. The van der Waals surface area contributed by atoms with E-state index in [0.29, 0.717) is 17.2 Å². The number of hydrogen-bond donors (Lipinski definition) is 1. The molecule has 0 saturated carbocycles. The fourth-order valence-electron chi connectivity index (χ4n) is 1.93. The maximum absolute atomic E-state index is 12.2. The average molecular weight is 283 g/mol. The molecule has 7 heteroatoms. The fourth-order valence-corrected chi connectivity index (χ4v) is 1.93. The molecule has 0 atom stereocenters. The highest BCUT2D eigenvalue weighted by molar-refractivity contribution is 6.02. The number of carbonyl (C=O) groups excluding carboxylic acids is 1. The summed E-state index contributed by atoms with van der Waals surface area (Å²) in [5.41, 5.74) is 1.41. The van der Waals surface area contributed by atoms with Gasteiger partial charge in [0.2, 0.25) is 5.82 Å². The van der Waals surface area contributed by atoms with Crippen molar-refractivity contribution in [3.63, 3.8) is 0 Å². The summed E-state index contributed by atoms with van der Waals surface area (Å²) in [6.07, 6.45) is 1.63. The molecule has 0 unspecified atom stereocenters. The van der Waals surface area contributed by atoms with Gasteiger partial charge in [-0.15, -0.1) is 5.10 Å². The van der Waals surface area contributed by atoms with Crippen LogP contribution in [0.3, 0.4) is 0 Å². The number of hydrogen-bond acceptors (Lipinski definition) is 5. The lowest BCUT2D eigenvalue weighted by Crippen LogP contribution is -2.14. The molecule has 3 aromatic rings. The Labute approximate surface area is 120 Å². The second-order valence-corrected chi connectivity index (χ2v) is 4.39. The Hall–Kier alpha value is -2.96. The Kier molecular flexibility index (Phi) is 3.23. The number of nitrogens with zero attached hydrogens (tertiary/aromatic N) is 4. The van der Waals surface area contributed by atoms with Crippen molar-refractivity contribution in [2.24, 2.45) is 0 Å². The summed E-state index contributed by atoms with van der Waals surface area (Å²) in [5, 5.41) is 6.88. The molecule has 106 valence electrons. The van der Waals surface area contributed by atoms with E-state index in [-0.39, 0.29) is 5.82 Å². The number of anilines is 1. The first kappa shape index (κ1) is 13.0. The molecular formula is C14H13N5O2. The van der Waals surface area contributed by atoms with E-state index in [0.717, 1.165) is 5.69 Å². The van der Waals surface area contributed by atoms with E-state index in [9.17, 15) is 4.79 Å². The van der Waals surface area contributed by atoms with Crippen molar-refractivity contribution in [3.8, 4) is 5.75 Å². The van der Waals surface area contributed by atoms with Crippen molar-refractivity contribution in [2.45, 2.75) is 6.92 Å². The number of benzene rings is 1. The first-order valence-corrected chi connectivity index (χ1v) is 6.32. The van der Waals surface area contributed by atoms with E-state index in [1.54, 1.807) is 37.6 Å². The Bertz CT molecular complexity index is 812. The summed E-state index contributed by atoms with van der Waals surface area (Å²) >= 11 is 0. The van der Waals surface area contributed by atoms with Gasteiger partial charge in [0.25, 0.3) is 11.7 Å². The predicted octanol–water partition coefficient (Wildman–Crippen LogP) is 1.69. The number of para-hydroxylation sites is 2. The van der Waals surface area contributed by atoms with Crippen LogP contribution in [0.15, 0.2) is 36.5 Å². The molecule has 0 saturated heterocycles. The Morgan fingerprint density at radius 1 is 1.29 bits per heavy atom. The maximum Gasteiger partial charge on any atom is 0.295 e. The number of ether oxygens (including phenoxy) is 1. The zero-order valence-corrected chi connectivity index (χ0v) is 11.6. The van der Waals surface area contributed by atoms with Crippen molar-refractivity contribution in [1.82, 2.24) is 19.6 Å². The third kappa shape index (κ3) is 2.40. The van der Waals surface area contributed by atoms with Gasteiger partial charge >= 0.3 is 0 Å². The van der Waals surface area contributed by atoms with Crippen LogP contribution in [0, 0.1) is 6.92 Å². The molecule has 0 aliphatic rings. The summed E-state index contributed by atoms with van der Waals surface area (Å²) in [5.74, 6) is 0.608. The maximum atomic E-state index is 12.2. The van der Waals surface area contributed by atoms with Crippen LogP contribution in [0.1, 0.15) is 16.3 Å². The molecule has 0 radical (unpaired) electrons. The number of amides is 1. The third-order valence-corrected chi connectivity index (χ3v) is 2.99. The number of rotatable bonds is 3. The second-order valence-electron chi connectivity index (χ2n) is 4.39. The average Bonchev–Trinajstić information content (AvgIpc) is 2.93. The van der Waals surface area contributed by atoms with Gasteiger partial charge in [0.15, 0.2) is 0 Å². The molecule has 0 fully saturated rings. The molecule has 1 N–H and O–H groups in total. The SMILES string of the molecule is COc1ccccc1NC(=O)c1nc2nccc(C)n2n1. The molecule has 3 rings (SSSR count). The van der Waals surface area contributed by atoms with Gasteiger partial charge in [-0.2, -0.15) is 4.98 Å². The molecule has 1 aromatic carbocycles. The molecule has 2 heterocycles. The summed E-state index contributed by atoms with van der Waals surface area (Å²) in [6.45, 7) is 1.87. The topological polar surface area (TPSA) is 81.4 Å². The second kappa shape index (κ2) is 5.20. The number of aryl methyl sites for hydroxylation is 1. The minimum absolute atomic E-state index is 0.0581. The molecule has 0 spiro atoms. The van der Waals surface area contributed by atoms with Gasteiger partial charge in [-0.05, 0) is 25.1 Å². The zero-order chi connectivity index (χ0) is 14.8. The van der Waals surface area contributed by atoms with Crippen molar-refractivity contribution in [3.05, 3.63) is 48.0 Å². The van der Waals surface area contributed by atoms with Gasteiger partial charge in [-0.3, -0.25) is 4.79 Å². The van der Waals surface area contributed by atoms with Crippen LogP contribution in [0.25, 0.3) is 5.78 Å². The standard InChI is InChI=1S/C14H13N5O2/c1-9-7-8-15-14-17-12(18-19(9)14)13(20)16-10-5-3-4-6-11(10)21-2/h3-8H,1-2H3,(H,16,20). The highest BCUT2D eigenvalue weighted by Gasteiger charge is 2.15. The van der Waals surface area contributed by atoms with E-state index < -0.39 is 5.91 Å². The largest absolute Gasteiger partial charge is 0.495 e. The van der Waals surface area contributed by atoms with E-state index in [1.807, 2.05) is 13.0 Å². The molecule has 0 bridgehead atoms. The number of carbonyl (C=O) groups is 1. The van der Waals surface area contributed by atoms with E-state index in [4.69, 9.17) is 4.74 Å². The van der Waals surface area contributed by atoms with E-state index >= 15 is 0 Å². The summed E-state index contributed by atoms with van der Waals surface area (Å²) < 4.78 is 6.71. The molecule has 1 amide bonds. The minimum atomic E-state index is -0.413. The van der Waals surface area contributed by atoms with Crippen LogP contribution in [-0.2, 0) is 0 Å². The Morgan fingerprint density at radius 3 is 2.86 bits per heavy atom. The summed E-state index contributed by atoms with van der Waals surface area (Å²) in [6, 6.07) is 8.93. The van der Waals surface area contributed by atoms with E-state index in [2.05, 4.69) is 20.4 Å². The number of methoxy groups -OCH3 is 1. The van der Waals surface area contributed by atoms with Crippen LogP contribution < -0.4 is 10.1 Å². The van der Waals surface area contributed by atoms with Crippen molar-refractivity contribution < 1.29 is 9.53 Å². The smallest absolute Gasteiger partial charge is 0.295 e. The lowest BCUT2D eigenvalue weighted by atomic mass is 10.3. The highest BCUT2D eigenvalue weighted by atomic mass is 16.5. The van der Waals surface area contributed by atoms with Crippen LogP contribution in [0.2, 0.25) is 0 Å². The quantitative estimate of drug-likeness (QED) is 0.791. The number of aromatic nitrogens is 4. The van der Waals surface area contributed by atoms with Crippen molar-refractivity contribution in [1.29, 1.82) is 0 Å². The first-order chi connectivity index (χ1) is 10.2. The van der Waals surface area contributed by atoms with Crippen LogP contribution in [0.4, 0.5) is 5.69 Å². The molecular weight excluding hydrogens is 270 g/mol. The molecule has 21 heavy (non-hydrogen) atoms. The molecule has 7 nitrogen and oxygen atoms in total. The Balaban J connectivity index is 1.92. The van der Waals surface area contributed by atoms with Gasteiger partial charge in [0.1, 0.15) is 5.75 Å². The molecule has 0 aliphatic heterocycles. The summed E-state index contributed by atoms with van der Waals surface area (Å²) in [7, 11) is 1.54. The zero-order valence-electron chi connectivity index (χ0n) is 11.6. The summed E-state index contributed by atoms with van der Waals surface area (Å²) in [4.78, 5) is 20.4. The van der Waals surface area contributed by atoms with Crippen LogP contribution in [-0.4, -0.2) is 32.6 Å². The van der Waals surface area contributed by atoms with Gasteiger partial charge < -0.3 is 10.1 Å². The Morgan fingerprint density at radius 2 is 2.10 bits per heavy atom. The molecule has 0 aliphatic carbocycles.